The molecule has 5 nitrogen and oxygen atoms in total. The lowest BCUT2D eigenvalue weighted by Gasteiger charge is -2.33. The number of benzene rings is 2. The van der Waals surface area contributed by atoms with Crippen molar-refractivity contribution < 1.29 is 14.4 Å². The van der Waals surface area contributed by atoms with Gasteiger partial charge in [-0.1, -0.05) is 24.3 Å². The van der Waals surface area contributed by atoms with E-state index in [-0.39, 0.29) is 12.5 Å². The van der Waals surface area contributed by atoms with Gasteiger partial charge in [0.2, 0.25) is 0 Å². The third-order valence-corrected chi connectivity index (χ3v) is 5.05. The number of quaternary nitrogens is 1. The Morgan fingerprint density at radius 2 is 1.85 bits per heavy atom. The number of piperazine rings is 1. The molecule has 0 aromatic heterocycles. The van der Waals surface area contributed by atoms with Crippen LogP contribution in [-0.4, -0.2) is 45.7 Å². The molecule has 0 bridgehead atoms. The summed E-state index contributed by atoms with van der Waals surface area (Å²) in [5.41, 5.74) is 4.16. The molecule has 3 rings (SSSR count). The molecule has 0 aliphatic carbocycles. The molecule has 0 spiro atoms. The van der Waals surface area contributed by atoms with E-state index in [0.29, 0.717) is 0 Å². The molecule has 1 saturated heterocycles. The highest BCUT2D eigenvalue weighted by atomic mass is 16.5. The Bertz CT molecular complexity index is 768. The topological polar surface area (TPSA) is 46.0 Å². The van der Waals surface area contributed by atoms with Crippen molar-refractivity contribution in [1.82, 2.24) is 0 Å². The van der Waals surface area contributed by atoms with Gasteiger partial charge in [-0.15, -0.1) is 0 Å². The first-order chi connectivity index (χ1) is 12.5. The smallest absolute Gasteiger partial charge is 0.262 e. The Labute approximate surface area is 155 Å². The Kier molecular flexibility index (Phi) is 5.78. The van der Waals surface area contributed by atoms with Gasteiger partial charge in [-0.2, -0.15) is 0 Å². The molecular weight excluding hydrogens is 326 g/mol. The molecule has 0 unspecified atom stereocenters. The number of hydrogen-bond acceptors (Lipinski definition) is 3. The van der Waals surface area contributed by atoms with Gasteiger partial charge in [0.15, 0.2) is 6.61 Å². The fraction of sp³-hybridized carbons (Fsp3) is 0.381. The summed E-state index contributed by atoms with van der Waals surface area (Å²) in [6, 6.07) is 13.9. The molecule has 1 fully saturated rings. The second-order valence-corrected chi connectivity index (χ2v) is 7.00. The van der Waals surface area contributed by atoms with Crippen LogP contribution in [0.25, 0.3) is 0 Å². The monoisotopic (exact) mass is 354 g/mol. The van der Waals surface area contributed by atoms with Gasteiger partial charge in [-0.3, -0.25) is 4.79 Å². The normalized spacial score (nSPS) is 15.0. The van der Waals surface area contributed by atoms with Crippen molar-refractivity contribution in [1.29, 1.82) is 0 Å². The standard InChI is InChI=1S/C21H27N3O2/c1-16-7-6-10-20(17(16)2)26-15-21(25)22-18-8-4-5-9-19(18)24-13-11-23(3)12-14-24/h4-10H,11-15H2,1-3H3,(H,22,25)/p+1. The van der Waals surface area contributed by atoms with Crippen molar-refractivity contribution in [3.8, 4) is 5.75 Å². The van der Waals surface area contributed by atoms with Crippen LogP contribution in [0.2, 0.25) is 0 Å². The summed E-state index contributed by atoms with van der Waals surface area (Å²) >= 11 is 0. The highest BCUT2D eigenvalue weighted by Gasteiger charge is 2.19. The van der Waals surface area contributed by atoms with Gasteiger partial charge < -0.3 is 19.9 Å². The maximum Gasteiger partial charge on any atom is 0.262 e. The van der Waals surface area contributed by atoms with Crippen molar-refractivity contribution in [2.75, 3.05) is 50.1 Å². The summed E-state index contributed by atoms with van der Waals surface area (Å²) in [7, 11) is 2.22. The lowest BCUT2D eigenvalue weighted by Crippen LogP contribution is -3.12. The number of para-hydroxylation sites is 2. The number of anilines is 2. The second-order valence-electron chi connectivity index (χ2n) is 7.00. The quantitative estimate of drug-likeness (QED) is 0.858. The van der Waals surface area contributed by atoms with E-state index in [9.17, 15) is 4.79 Å². The molecule has 2 aromatic carbocycles. The van der Waals surface area contributed by atoms with Crippen molar-refractivity contribution >= 4 is 17.3 Å². The van der Waals surface area contributed by atoms with Crippen molar-refractivity contribution in [3.63, 3.8) is 0 Å². The number of nitrogens with one attached hydrogen (secondary N) is 2. The summed E-state index contributed by atoms with van der Waals surface area (Å²) in [4.78, 5) is 16.3. The number of nitrogens with zero attached hydrogens (tertiary/aromatic N) is 1. The summed E-state index contributed by atoms with van der Waals surface area (Å²) < 4.78 is 5.72. The molecule has 138 valence electrons. The minimum absolute atomic E-state index is 0.00547. The number of likely N-dealkylation sites (N-methyl/N-ethyl adjacent to an activating group) is 1. The third-order valence-electron chi connectivity index (χ3n) is 5.05. The van der Waals surface area contributed by atoms with Gasteiger partial charge in [0.25, 0.3) is 5.91 Å². The Morgan fingerprint density at radius 1 is 1.12 bits per heavy atom. The summed E-state index contributed by atoms with van der Waals surface area (Å²) in [6.07, 6.45) is 0. The maximum atomic E-state index is 12.4. The van der Waals surface area contributed by atoms with Gasteiger partial charge >= 0.3 is 0 Å². The number of hydrogen-bond donors (Lipinski definition) is 2. The van der Waals surface area contributed by atoms with E-state index in [2.05, 4.69) is 23.3 Å². The summed E-state index contributed by atoms with van der Waals surface area (Å²) in [5.74, 6) is 0.619. The Morgan fingerprint density at radius 3 is 2.62 bits per heavy atom. The second kappa shape index (κ2) is 8.23. The van der Waals surface area contributed by atoms with E-state index in [1.54, 1.807) is 4.90 Å². The molecule has 1 aliphatic rings. The lowest BCUT2D eigenvalue weighted by molar-refractivity contribution is -0.880. The highest BCUT2D eigenvalue weighted by molar-refractivity contribution is 5.95. The lowest BCUT2D eigenvalue weighted by atomic mass is 10.1. The molecule has 0 atom stereocenters. The van der Waals surface area contributed by atoms with Gasteiger partial charge in [-0.05, 0) is 43.2 Å². The van der Waals surface area contributed by atoms with Gasteiger partial charge in [0.05, 0.1) is 44.6 Å². The number of carbonyl (C=O) groups excluding carboxylic acids is 1. The minimum atomic E-state index is -0.141. The number of ether oxygens (including phenoxy) is 1. The van der Waals surface area contributed by atoms with E-state index in [1.807, 2.05) is 50.2 Å². The van der Waals surface area contributed by atoms with Crippen molar-refractivity contribution in [3.05, 3.63) is 53.6 Å². The summed E-state index contributed by atoms with van der Waals surface area (Å²) in [5, 5.41) is 3.01. The fourth-order valence-corrected chi connectivity index (χ4v) is 3.19. The van der Waals surface area contributed by atoms with Crippen molar-refractivity contribution in [2.24, 2.45) is 0 Å². The van der Waals surface area contributed by atoms with Crippen LogP contribution in [0.1, 0.15) is 11.1 Å². The van der Waals surface area contributed by atoms with Crippen LogP contribution in [0, 0.1) is 13.8 Å². The zero-order valence-corrected chi connectivity index (χ0v) is 15.8. The SMILES string of the molecule is Cc1cccc(OCC(=O)Nc2ccccc2N2CC[NH+](C)CC2)c1C. The third kappa shape index (κ3) is 4.35. The molecule has 2 aromatic rings. The Balaban J connectivity index is 1.63. The van der Waals surface area contributed by atoms with Crippen LogP contribution in [0.3, 0.4) is 0 Å². The van der Waals surface area contributed by atoms with E-state index in [4.69, 9.17) is 4.74 Å². The van der Waals surface area contributed by atoms with E-state index < -0.39 is 0 Å². The minimum Gasteiger partial charge on any atom is -0.483 e. The van der Waals surface area contributed by atoms with Crippen molar-refractivity contribution in [2.45, 2.75) is 13.8 Å². The average Bonchev–Trinajstić information content (AvgIpc) is 2.64. The summed E-state index contributed by atoms with van der Waals surface area (Å²) in [6.45, 7) is 8.26. The zero-order valence-electron chi connectivity index (χ0n) is 15.8. The highest BCUT2D eigenvalue weighted by Crippen LogP contribution is 2.26. The molecule has 0 radical (unpaired) electrons. The van der Waals surface area contributed by atoms with E-state index >= 15 is 0 Å². The first-order valence-corrected chi connectivity index (χ1v) is 9.19. The number of rotatable bonds is 5. The predicted octanol–water partition coefficient (Wildman–Crippen LogP) is 1.66. The maximum absolute atomic E-state index is 12.4. The van der Waals surface area contributed by atoms with Gasteiger partial charge in [0, 0.05) is 0 Å². The molecule has 1 aliphatic heterocycles. The van der Waals surface area contributed by atoms with Crippen LogP contribution < -0.4 is 19.9 Å². The Hall–Kier alpha value is -2.53. The van der Waals surface area contributed by atoms with Crippen LogP contribution in [0.5, 0.6) is 5.75 Å². The zero-order chi connectivity index (χ0) is 18.5. The largest absolute Gasteiger partial charge is 0.483 e. The number of carbonyl (C=O) groups is 1. The van der Waals surface area contributed by atoms with Gasteiger partial charge in [-0.25, -0.2) is 0 Å². The van der Waals surface area contributed by atoms with E-state index in [1.165, 1.54) is 0 Å². The first-order valence-electron chi connectivity index (χ1n) is 9.19. The predicted molar refractivity (Wildman–Crippen MR) is 105 cm³/mol. The van der Waals surface area contributed by atoms with Crippen LogP contribution in [-0.2, 0) is 4.79 Å². The van der Waals surface area contributed by atoms with Crippen LogP contribution in [0.4, 0.5) is 11.4 Å². The number of aryl methyl sites for hydroxylation is 1. The van der Waals surface area contributed by atoms with Crippen LogP contribution in [0.15, 0.2) is 42.5 Å². The fourth-order valence-electron chi connectivity index (χ4n) is 3.19. The molecule has 1 amide bonds. The molecule has 26 heavy (non-hydrogen) atoms. The van der Waals surface area contributed by atoms with E-state index in [0.717, 1.165) is 54.4 Å². The average molecular weight is 354 g/mol. The molecule has 5 heteroatoms. The molecule has 2 N–H and O–H groups in total. The molecular formula is C21H28N3O2+. The van der Waals surface area contributed by atoms with Crippen LogP contribution >= 0.6 is 0 Å². The number of amides is 1. The molecule has 0 saturated carbocycles. The molecule has 1 heterocycles. The van der Waals surface area contributed by atoms with Gasteiger partial charge in [0.1, 0.15) is 5.75 Å². The first kappa shape index (κ1) is 18.3.